The Balaban J connectivity index is 2.14. The van der Waals surface area contributed by atoms with Crippen LogP contribution >= 0.6 is 0 Å². The maximum atomic E-state index is 8.93. The Kier molecular flexibility index (Phi) is 3.32. The van der Waals surface area contributed by atoms with Crippen molar-refractivity contribution in [2.45, 2.75) is 0 Å². The maximum Gasteiger partial charge on any atom is 0.488 e. The van der Waals surface area contributed by atoms with E-state index < -0.39 is 7.12 Å². The molecule has 17 heavy (non-hydrogen) atoms. The number of hydrogen-bond acceptors (Lipinski definition) is 3. The number of benzene rings is 2. The molecule has 0 amide bonds. The van der Waals surface area contributed by atoms with Crippen LogP contribution in [0.2, 0.25) is 0 Å². The molecule has 0 aromatic heterocycles. The van der Waals surface area contributed by atoms with E-state index in [0.29, 0.717) is 22.6 Å². The molecule has 0 bridgehead atoms. The summed E-state index contributed by atoms with van der Waals surface area (Å²) < 4.78 is 5.51. The maximum absolute atomic E-state index is 8.93. The summed E-state index contributed by atoms with van der Waals surface area (Å²) in [6.07, 6.45) is 0. The van der Waals surface area contributed by atoms with Crippen LogP contribution in [-0.2, 0) is 0 Å². The fourth-order valence-corrected chi connectivity index (χ4v) is 1.40. The molecule has 3 N–H and O–H groups in total. The van der Waals surface area contributed by atoms with E-state index in [1.54, 1.807) is 48.5 Å². The summed E-state index contributed by atoms with van der Waals surface area (Å²) >= 11 is 0. The molecule has 2 aromatic rings. The lowest BCUT2D eigenvalue weighted by atomic mass is 9.80. The quantitative estimate of drug-likeness (QED) is 0.771. The average Bonchev–Trinajstić information content (AvgIpc) is 2.29. The van der Waals surface area contributed by atoms with Gasteiger partial charge in [-0.25, -0.2) is 0 Å². The highest BCUT2D eigenvalue weighted by Crippen LogP contribution is 2.22. The van der Waals surface area contributed by atoms with E-state index in [2.05, 4.69) is 0 Å². The zero-order chi connectivity index (χ0) is 12.3. The Morgan fingerprint density at radius 3 is 2.24 bits per heavy atom. The zero-order valence-electron chi connectivity index (χ0n) is 9.00. The molecule has 0 fully saturated rings. The normalized spacial score (nSPS) is 10.0. The fourth-order valence-electron chi connectivity index (χ4n) is 1.40. The standard InChI is InChI=1S/C12H11BNO3/c14-10-2-1-3-12(8-10)17-11-6-4-9(5-7-11)13(15)16/h1-8,14-16H. The monoisotopic (exact) mass is 228 g/mol. The highest BCUT2D eigenvalue weighted by atomic mass is 16.5. The molecular weight excluding hydrogens is 217 g/mol. The number of hydrogen-bond donors (Lipinski definition) is 2. The molecule has 2 aromatic carbocycles. The molecule has 0 saturated carbocycles. The first-order valence-electron chi connectivity index (χ1n) is 5.11. The summed E-state index contributed by atoms with van der Waals surface area (Å²) in [5.41, 5.74) is 8.23. The van der Waals surface area contributed by atoms with E-state index in [4.69, 9.17) is 20.5 Å². The highest BCUT2D eigenvalue weighted by molar-refractivity contribution is 6.58. The van der Waals surface area contributed by atoms with Gasteiger partial charge in [0.2, 0.25) is 0 Å². The molecule has 0 unspecified atom stereocenters. The van der Waals surface area contributed by atoms with E-state index in [-0.39, 0.29) is 0 Å². The first kappa shape index (κ1) is 11.5. The predicted molar refractivity (Wildman–Crippen MR) is 65.5 cm³/mol. The molecule has 5 heteroatoms. The van der Waals surface area contributed by atoms with Gasteiger partial charge in [0.15, 0.2) is 0 Å². The second kappa shape index (κ2) is 4.90. The van der Waals surface area contributed by atoms with Crippen LogP contribution in [0, 0.1) is 0 Å². The van der Waals surface area contributed by atoms with E-state index in [9.17, 15) is 0 Å². The SMILES string of the molecule is [NH]c1cccc(Oc2ccc(B(O)O)cc2)c1. The molecule has 0 saturated heterocycles. The van der Waals surface area contributed by atoms with Crippen LogP contribution < -0.4 is 15.9 Å². The van der Waals surface area contributed by atoms with Gasteiger partial charge >= 0.3 is 7.12 Å². The minimum absolute atomic E-state index is 0.380. The van der Waals surface area contributed by atoms with Crippen LogP contribution in [0.1, 0.15) is 0 Å². The molecule has 0 aliphatic rings. The Hall–Kier alpha value is -1.98. The first-order valence-corrected chi connectivity index (χ1v) is 5.11. The lowest BCUT2D eigenvalue weighted by molar-refractivity contribution is 0.425. The van der Waals surface area contributed by atoms with Crippen LogP contribution in [0.4, 0.5) is 5.69 Å². The van der Waals surface area contributed by atoms with Crippen molar-refractivity contribution in [3.63, 3.8) is 0 Å². The molecule has 1 radical (unpaired) electrons. The highest BCUT2D eigenvalue weighted by Gasteiger charge is 2.10. The molecule has 0 heterocycles. The van der Waals surface area contributed by atoms with Gasteiger partial charge in [-0.3, -0.25) is 0 Å². The van der Waals surface area contributed by atoms with Crippen LogP contribution in [0.3, 0.4) is 0 Å². The van der Waals surface area contributed by atoms with Gasteiger partial charge in [0, 0.05) is 6.07 Å². The molecule has 2 rings (SSSR count). The summed E-state index contributed by atoms with van der Waals surface area (Å²) in [6.45, 7) is 0. The Morgan fingerprint density at radius 1 is 0.941 bits per heavy atom. The van der Waals surface area contributed by atoms with E-state index in [0.717, 1.165) is 0 Å². The Bertz CT molecular complexity index is 499. The molecule has 0 atom stereocenters. The van der Waals surface area contributed by atoms with Crippen molar-refractivity contribution < 1.29 is 14.8 Å². The van der Waals surface area contributed by atoms with Gasteiger partial charge < -0.3 is 20.5 Å². The van der Waals surface area contributed by atoms with Crippen molar-refractivity contribution in [3.8, 4) is 11.5 Å². The van der Waals surface area contributed by atoms with E-state index >= 15 is 0 Å². The van der Waals surface area contributed by atoms with Gasteiger partial charge in [-0.15, -0.1) is 0 Å². The Morgan fingerprint density at radius 2 is 1.65 bits per heavy atom. The van der Waals surface area contributed by atoms with Gasteiger partial charge in [0.1, 0.15) is 11.5 Å². The van der Waals surface area contributed by atoms with Crippen molar-refractivity contribution in [3.05, 3.63) is 48.5 Å². The van der Waals surface area contributed by atoms with Crippen molar-refractivity contribution >= 4 is 18.3 Å². The second-order valence-corrected chi connectivity index (χ2v) is 3.57. The molecule has 85 valence electrons. The summed E-state index contributed by atoms with van der Waals surface area (Å²) in [5.74, 6) is 1.16. The average molecular weight is 228 g/mol. The molecule has 0 aliphatic heterocycles. The molecular formula is C12H11BNO3. The van der Waals surface area contributed by atoms with E-state index in [1.807, 2.05) is 0 Å². The number of ether oxygens (including phenoxy) is 1. The smallest absolute Gasteiger partial charge is 0.457 e. The van der Waals surface area contributed by atoms with Crippen LogP contribution in [0.15, 0.2) is 48.5 Å². The summed E-state index contributed by atoms with van der Waals surface area (Å²) in [4.78, 5) is 0. The predicted octanol–water partition coefficient (Wildman–Crippen LogP) is 1.07. The minimum Gasteiger partial charge on any atom is -0.457 e. The zero-order valence-corrected chi connectivity index (χ0v) is 9.00. The van der Waals surface area contributed by atoms with Crippen LogP contribution in [-0.4, -0.2) is 17.2 Å². The van der Waals surface area contributed by atoms with Crippen molar-refractivity contribution in [2.75, 3.05) is 0 Å². The third-order valence-electron chi connectivity index (χ3n) is 2.25. The first-order chi connectivity index (χ1) is 8.15. The van der Waals surface area contributed by atoms with Gasteiger partial charge in [-0.2, -0.15) is 0 Å². The van der Waals surface area contributed by atoms with Gasteiger partial charge in [-0.05, 0) is 29.7 Å². The van der Waals surface area contributed by atoms with Gasteiger partial charge in [0.05, 0.1) is 5.69 Å². The Labute approximate surface area is 99.4 Å². The molecule has 0 aliphatic carbocycles. The third-order valence-corrected chi connectivity index (χ3v) is 2.25. The minimum atomic E-state index is -1.47. The van der Waals surface area contributed by atoms with Crippen molar-refractivity contribution in [1.29, 1.82) is 0 Å². The summed E-state index contributed by atoms with van der Waals surface area (Å²) in [7, 11) is -1.47. The lowest BCUT2D eigenvalue weighted by Crippen LogP contribution is -2.29. The molecule has 4 nitrogen and oxygen atoms in total. The number of nitrogens with one attached hydrogen (secondary N) is 1. The largest absolute Gasteiger partial charge is 0.488 e. The van der Waals surface area contributed by atoms with E-state index in [1.165, 1.54) is 0 Å². The summed E-state index contributed by atoms with van der Waals surface area (Å²) in [5, 5.41) is 17.9. The fraction of sp³-hybridized carbons (Fsp3) is 0. The van der Waals surface area contributed by atoms with Gasteiger partial charge in [0.25, 0.3) is 0 Å². The second-order valence-electron chi connectivity index (χ2n) is 3.57. The van der Waals surface area contributed by atoms with Gasteiger partial charge in [-0.1, -0.05) is 18.2 Å². The lowest BCUT2D eigenvalue weighted by Gasteiger charge is -2.06. The van der Waals surface area contributed by atoms with Crippen LogP contribution in [0.25, 0.3) is 0 Å². The van der Waals surface area contributed by atoms with Crippen molar-refractivity contribution in [2.24, 2.45) is 0 Å². The molecule has 0 spiro atoms. The summed E-state index contributed by atoms with van der Waals surface area (Å²) in [6, 6.07) is 13.2. The van der Waals surface area contributed by atoms with Crippen molar-refractivity contribution in [1.82, 2.24) is 5.73 Å². The van der Waals surface area contributed by atoms with Crippen LogP contribution in [0.5, 0.6) is 11.5 Å². The topological polar surface area (TPSA) is 73.5 Å². The third kappa shape index (κ3) is 2.99. The number of rotatable bonds is 3.